The first-order valence-corrected chi connectivity index (χ1v) is 11.3. The first kappa shape index (κ1) is 22.6. The number of hydrogen-bond donors (Lipinski definition) is 1. The van der Waals surface area contributed by atoms with Crippen molar-refractivity contribution < 1.29 is 22.6 Å². The Balaban J connectivity index is 1.55. The van der Waals surface area contributed by atoms with E-state index in [2.05, 4.69) is 20.4 Å². The molecule has 0 radical (unpaired) electrons. The molecule has 34 heavy (non-hydrogen) atoms. The summed E-state index contributed by atoms with van der Waals surface area (Å²) in [5.74, 6) is 0.974. The van der Waals surface area contributed by atoms with Crippen LogP contribution in [0.4, 0.5) is 24.7 Å². The summed E-state index contributed by atoms with van der Waals surface area (Å²) in [6.45, 7) is 4.93. The van der Waals surface area contributed by atoms with Crippen LogP contribution in [0, 0.1) is 6.92 Å². The Hall–Kier alpha value is -3.14. The van der Waals surface area contributed by atoms with E-state index < -0.39 is 17.8 Å². The van der Waals surface area contributed by atoms with Crippen LogP contribution < -0.4 is 15.0 Å². The molecule has 2 aliphatic heterocycles. The molecule has 3 atom stereocenters. The Labute approximate surface area is 195 Å². The van der Waals surface area contributed by atoms with Crippen molar-refractivity contribution in [2.75, 3.05) is 30.5 Å². The molecule has 2 aromatic heterocycles. The van der Waals surface area contributed by atoms with E-state index in [0.717, 1.165) is 36.0 Å². The molecule has 180 valence electrons. The standard InChI is InChI=1S/C24H26F3N5O2/c1-13(15-5-4-6-16(9-15)24(25,26)27)28-22-19-10-20(32-17-7-8-18(32)12-34-11-17)23(33-3)29-21(19)14(2)30-31-22/h4-6,9-10,13,17-18H,7-8,11-12H2,1-3H3,(H,28,31)/t13-,17?,18?/m1/s1. The van der Waals surface area contributed by atoms with E-state index in [4.69, 9.17) is 14.5 Å². The van der Waals surface area contributed by atoms with E-state index in [0.29, 0.717) is 41.7 Å². The summed E-state index contributed by atoms with van der Waals surface area (Å²) in [6.07, 6.45) is -2.33. The van der Waals surface area contributed by atoms with E-state index in [1.807, 2.05) is 13.0 Å². The molecule has 7 nitrogen and oxygen atoms in total. The maximum Gasteiger partial charge on any atom is 0.416 e. The van der Waals surface area contributed by atoms with Crippen LogP contribution in [0.5, 0.6) is 5.88 Å². The monoisotopic (exact) mass is 473 g/mol. The Kier molecular flexibility index (Phi) is 5.71. The first-order valence-electron chi connectivity index (χ1n) is 11.3. The summed E-state index contributed by atoms with van der Waals surface area (Å²) >= 11 is 0. The van der Waals surface area contributed by atoms with Gasteiger partial charge in [-0.1, -0.05) is 12.1 Å². The average molecular weight is 473 g/mol. The number of nitrogens with one attached hydrogen (secondary N) is 1. The minimum Gasteiger partial charge on any atom is -0.480 e. The number of benzene rings is 1. The predicted octanol–water partition coefficient (Wildman–Crippen LogP) is 4.90. The van der Waals surface area contributed by atoms with Gasteiger partial charge in [-0.2, -0.15) is 18.3 Å². The average Bonchev–Trinajstić information content (AvgIpc) is 3.07. The highest BCUT2D eigenvalue weighted by Gasteiger charge is 2.39. The summed E-state index contributed by atoms with van der Waals surface area (Å²) in [5.41, 5.74) is 1.96. The van der Waals surface area contributed by atoms with Crippen LogP contribution in [0.25, 0.3) is 10.9 Å². The lowest BCUT2D eigenvalue weighted by atomic mass is 10.0. The van der Waals surface area contributed by atoms with Gasteiger partial charge in [-0.3, -0.25) is 0 Å². The molecule has 4 heterocycles. The molecule has 1 aromatic carbocycles. The van der Waals surface area contributed by atoms with Gasteiger partial charge in [0.1, 0.15) is 11.2 Å². The quantitative estimate of drug-likeness (QED) is 0.565. The summed E-state index contributed by atoms with van der Waals surface area (Å²) in [6, 6.07) is 7.36. The summed E-state index contributed by atoms with van der Waals surface area (Å²) < 4.78 is 51.0. The molecule has 2 aliphatic rings. The Morgan fingerprint density at radius 3 is 2.56 bits per heavy atom. The third-order valence-corrected chi connectivity index (χ3v) is 6.65. The second-order valence-corrected chi connectivity index (χ2v) is 8.87. The van der Waals surface area contributed by atoms with Crippen LogP contribution >= 0.6 is 0 Å². The molecular weight excluding hydrogens is 447 g/mol. The van der Waals surface area contributed by atoms with E-state index in [-0.39, 0.29) is 12.1 Å². The lowest BCUT2D eigenvalue weighted by molar-refractivity contribution is -0.137. The number of anilines is 2. The van der Waals surface area contributed by atoms with E-state index >= 15 is 0 Å². The zero-order valence-corrected chi connectivity index (χ0v) is 19.2. The van der Waals surface area contributed by atoms with Gasteiger partial charge in [-0.15, -0.1) is 5.10 Å². The van der Waals surface area contributed by atoms with Crippen molar-refractivity contribution in [1.82, 2.24) is 15.2 Å². The minimum absolute atomic E-state index is 0.253. The molecule has 2 saturated heterocycles. The second kappa shape index (κ2) is 8.57. The highest BCUT2D eigenvalue weighted by Crippen LogP contribution is 2.41. The number of halogens is 3. The van der Waals surface area contributed by atoms with Crippen molar-refractivity contribution in [3.8, 4) is 5.88 Å². The number of morpholine rings is 1. The largest absolute Gasteiger partial charge is 0.480 e. The second-order valence-electron chi connectivity index (χ2n) is 8.87. The molecule has 10 heteroatoms. The van der Waals surface area contributed by atoms with Gasteiger partial charge in [0.15, 0.2) is 5.82 Å². The van der Waals surface area contributed by atoms with Gasteiger partial charge < -0.3 is 19.7 Å². The number of aromatic nitrogens is 3. The zero-order chi connectivity index (χ0) is 24.0. The van der Waals surface area contributed by atoms with Crippen molar-refractivity contribution in [3.05, 3.63) is 47.2 Å². The summed E-state index contributed by atoms with van der Waals surface area (Å²) in [4.78, 5) is 7.08. The van der Waals surface area contributed by atoms with Crippen LogP contribution in [-0.4, -0.2) is 47.6 Å². The number of ether oxygens (including phenoxy) is 2. The van der Waals surface area contributed by atoms with Crippen LogP contribution in [0.2, 0.25) is 0 Å². The van der Waals surface area contributed by atoms with Crippen molar-refractivity contribution in [3.63, 3.8) is 0 Å². The van der Waals surface area contributed by atoms with Crippen LogP contribution in [0.15, 0.2) is 30.3 Å². The maximum atomic E-state index is 13.2. The van der Waals surface area contributed by atoms with E-state index in [1.54, 1.807) is 20.1 Å². The third kappa shape index (κ3) is 4.00. The van der Waals surface area contributed by atoms with Gasteiger partial charge in [-0.25, -0.2) is 4.98 Å². The molecule has 0 aliphatic carbocycles. The fourth-order valence-electron chi connectivity index (χ4n) is 4.90. The molecule has 2 bridgehead atoms. The van der Waals surface area contributed by atoms with Gasteiger partial charge >= 0.3 is 6.18 Å². The number of fused-ring (bicyclic) bond motifs is 3. The lowest BCUT2D eigenvalue weighted by Crippen LogP contribution is -2.46. The smallest absolute Gasteiger partial charge is 0.416 e. The topological polar surface area (TPSA) is 72.4 Å². The van der Waals surface area contributed by atoms with Crippen LogP contribution in [0.3, 0.4) is 0 Å². The van der Waals surface area contributed by atoms with Crippen molar-refractivity contribution in [1.29, 1.82) is 0 Å². The Bertz CT molecular complexity index is 1200. The normalized spacial score (nSPS) is 21.1. The molecule has 0 spiro atoms. The number of hydrogen-bond acceptors (Lipinski definition) is 7. The van der Waals surface area contributed by atoms with E-state index in [1.165, 1.54) is 6.07 Å². The van der Waals surface area contributed by atoms with E-state index in [9.17, 15) is 13.2 Å². The highest BCUT2D eigenvalue weighted by atomic mass is 19.4. The van der Waals surface area contributed by atoms with Gasteiger partial charge in [0, 0.05) is 5.39 Å². The molecule has 0 amide bonds. The number of aryl methyl sites for hydroxylation is 1. The van der Waals surface area contributed by atoms with Crippen molar-refractivity contribution in [2.24, 2.45) is 0 Å². The number of rotatable bonds is 5. The Morgan fingerprint density at radius 2 is 1.88 bits per heavy atom. The molecular formula is C24H26F3N5O2. The number of alkyl halides is 3. The highest BCUT2D eigenvalue weighted by molar-refractivity contribution is 5.94. The fourth-order valence-corrected chi connectivity index (χ4v) is 4.90. The predicted molar refractivity (Wildman–Crippen MR) is 122 cm³/mol. The number of nitrogens with zero attached hydrogens (tertiary/aromatic N) is 4. The number of methoxy groups -OCH3 is 1. The molecule has 0 saturated carbocycles. The lowest BCUT2D eigenvalue weighted by Gasteiger charge is -2.37. The van der Waals surface area contributed by atoms with Gasteiger partial charge in [-0.05, 0) is 50.5 Å². The molecule has 2 fully saturated rings. The first-order chi connectivity index (χ1) is 16.3. The van der Waals surface area contributed by atoms with Crippen LogP contribution in [-0.2, 0) is 10.9 Å². The fraction of sp³-hybridized carbons (Fsp3) is 0.458. The van der Waals surface area contributed by atoms with Crippen LogP contribution in [0.1, 0.15) is 42.6 Å². The minimum atomic E-state index is -4.40. The molecule has 3 aromatic rings. The number of pyridine rings is 1. The SMILES string of the molecule is COc1nc2c(C)nnc(N[C@H](C)c3cccc(C(F)(F)F)c3)c2cc1N1C2CCC1COC2. The van der Waals surface area contributed by atoms with Gasteiger partial charge in [0.05, 0.1) is 49.7 Å². The summed E-state index contributed by atoms with van der Waals surface area (Å²) in [5, 5.41) is 12.5. The van der Waals surface area contributed by atoms with Gasteiger partial charge in [0.2, 0.25) is 5.88 Å². The third-order valence-electron chi connectivity index (χ3n) is 6.65. The molecule has 2 unspecified atom stereocenters. The summed E-state index contributed by atoms with van der Waals surface area (Å²) in [7, 11) is 1.60. The Morgan fingerprint density at radius 1 is 1.15 bits per heavy atom. The zero-order valence-electron chi connectivity index (χ0n) is 19.2. The molecule has 5 rings (SSSR count). The molecule has 1 N–H and O–H groups in total. The van der Waals surface area contributed by atoms with Gasteiger partial charge in [0.25, 0.3) is 0 Å². The van der Waals surface area contributed by atoms with Crippen molar-refractivity contribution >= 4 is 22.4 Å². The van der Waals surface area contributed by atoms with Crippen molar-refractivity contribution in [2.45, 2.75) is 51.0 Å². The maximum absolute atomic E-state index is 13.2.